The molecule has 1 N–H and O–H groups in total. The number of ketones is 1. The lowest BCUT2D eigenvalue weighted by Gasteiger charge is -2.60. The summed E-state index contributed by atoms with van der Waals surface area (Å²) < 4.78 is 0. The van der Waals surface area contributed by atoms with Crippen molar-refractivity contribution in [1.29, 1.82) is 0 Å². The molecule has 4 aliphatic carbocycles. The Morgan fingerprint density at radius 2 is 1.91 bits per heavy atom. The van der Waals surface area contributed by atoms with Gasteiger partial charge in [-0.1, -0.05) is 26.3 Å². The summed E-state index contributed by atoms with van der Waals surface area (Å²) in [6.45, 7) is 7.15. The van der Waals surface area contributed by atoms with Crippen LogP contribution in [0.2, 0.25) is 0 Å². The van der Waals surface area contributed by atoms with Crippen LogP contribution in [0.4, 0.5) is 0 Å². The molecule has 2 nitrogen and oxygen atoms in total. The smallest absolute Gasteiger partial charge is 0.155 e. The van der Waals surface area contributed by atoms with Gasteiger partial charge in [0.25, 0.3) is 0 Å². The summed E-state index contributed by atoms with van der Waals surface area (Å²) in [5.41, 5.74) is 1.95. The van der Waals surface area contributed by atoms with Gasteiger partial charge in [-0.15, -0.1) is 0 Å². The zero-order chi connectivity index (χ0) is 15.7. The fourth-order valence-electron chi connectivity index (χ4n) is 7.12. The van der Waals surface area contributed by atoms with Crippen LogP contribution in [0.5, 0.6) is 0 Å². The first kappa shape index (κ1) is 14.9. The Labute approximate surface area is 134 Å². The van der Waals surface area contributed by atoms with E-state index in [0.717, 1.165) is 25.2 Å². The molecule has 2 heteroatoms. The molecule has 22 heavy (non-hydrogen) atoms. The van der Waals surface area contributed by atoms with Gasteiger partial charge in [-0.2, -0.15) is 0 Å². The summed E-state index contributed by atoms with van der Waals surface area (Å²) in [7, 11) is 0. The van der Waals surface area contributed by atoms with Crippen molar-refractivity contribution >= 4 is 5.78 Å². The number of allylic oxidation sites excluding steroid dienone is 1. The minimum absolute atomic E-state index is 0.0995. The molecule has 2 unspecified atom stereocenters. The molecule has 4 rings (SSSR count). The Hall–Kier alpha value is -0.630. The third-order valence-electron chi connectivity index (χ3n) is 8.22. The highest BCUT2D eigenvalue weighted by Crippen LogP contribution is 2.67. The molecule has 122 valence electrons. The summed E-state index contributed by atoms with van der Waals surface area (Å²) in [6.07, 6.45) is 9.55. The lowest BCUT2D eigenvalue weighted by atomic mass is 9.44. The van der Waals surface area contributed by atoms with Gasteiger partial charge in [0.15, 0.2) is 5.78 Å². The van der Waals surface area contributed by atoms with E-state index in [1.165, 1.54) is 31.3 Å². The number of carbonyl (C=O) groups is 1. The van der Waals surface area contributed by atoms with Crippen LogP contribution < -0.4 is 0 Å². The van der Waals surface area contributed by atoms with Gasteiger partial charge in [0.05, 0.1) is 6.10 Å². The Morgan fingerprint density at radius 1 is 1.14 bits per heavy atom. The van der Waals surface area contributed by atoms with Gasteiger partial charge in [-0.05, 0) is 79.1 Å². The standard InChI is InChI=1S/C20H30O2/c1-12-10-14(21)11-13-6-8-19(2)15(18(12)13)7-9-20(3)16(19)4-5-17(20)22/h11-12,15-18,22H,4-10H2,1-3H3/t12?,15-,16+,17+,18+,19?,20+/m1/s1. The van der Waals surface area contributed by atoms with E-state index in [4.69, 9.17) is 0 Å². The van der Waals surface area contributed by atoms with Crippen molar-refractivity contribution in [3.05, 3.63) is 11.6 Å². The second kappa shape index (κ2) is 4.69. The third kappa shape index (κ3) is 1.79. The highest BCUT2D eigenvalue weighted by atomic mass is 16.3. The van der Waals surface area contributed by atoms with Crippen LogP contribution in [0.3, 0.4) is 0 Å². The molecule has 3 fully saturated rings. The molecule has 0 heterocycles. The van der Waals surface area contributed by atoms with E-state index in [9.17, 15) is 9.90 Å². The van der Waals surface area contributed by atoms with E-state index in [-0.39, 0.29) is 11.5 Å². The Morgan fingerprint density at radius 3 is 2.68 bits per heavy atom. The van der Waals surface area contributed by atoms with E-state index in [1.807, 2.05) is 6.08 Å². The van der Waals surface area contributed by atoms with Crippen LogP contribution >= 0.6 is 0 Å². The van der Waals surface area contributed by atoms with Crippen LogP contribution in [0.25, 0.3) is 0 Å². The van der Waals surface area contributed by atoms with Crippen molar-refractivity contribution in [2.75, 3.05) is 0 Å². The van der Waals surface area contributed by atoms with Gasteiger partial charge < -0.3 is 5.11 Å². The molecule has 4 aliphatic rings. The number of aliphatic hydroxyl groups excluding tert-OH is 1. The van der Waals surface area contributed by atoms with Crippen molar-refractivity contribution in [3.63, 3.8) is 0 Å². The van der Waals surface area contributed by atoms with E-state index in [1.54, 1.807) is 0 Å². The first-order valence-electron chi connectivity index (χ1n) is 9.27. The molecule has 0 aromatic rings. The molecular weight excluding hydrogens is 272 g/mol. The molecule has 0 spiro atoms. The molecule has 0 aliphatic heterocycles. The largest absolute Gasteiger partial charge is 0.393 e. The zero-order valence-corrected chi connectivity index (χ0v) is 14.3. The van der Waals surface area contributed by atoms with E-state index < -0.39 is 0 Å². The molecule has 0 aromatic heterocycles. The number of fused-ring (bicyclic) bond motifs is 5. The molecule has 0 radical (unpaired) electrons. The van der Waals surface area contributed by atoms with Crippen molar-refractivity contribution < 1.29 is 9.90 Å². The van der Waals surface area contributed by atoms with Crippen LogP contribution in [0, 0.1) is 34.5 Å². The van der Waals surface area contributed by atoms with Crippen LogP contribution in [-0.4, -0.2) is 17.0 Å². The maximum absolute atomic E-state index is 11.9. The van der Waals surface area contributed by atoms with Crippen molar-refractivity contribution in [2.24, 2.45) is 34.5 Å². The number of rotatable bonds is 0. The lowest BCUT2D eigenvalue weighted by Crippen LogP contribution is -2.54. The summed E-state index contributed by atoms with van der Waals surface area (Å²) in [4.78, 5) is 11.9. The maximum atomic E-state index is 11.9. The minimum Gasteiger partial charge on any atom is -0.393 e. The van der Waals surface area contributed by atoms with Crippen LogP contribution in [0.1, 0.15) is 65.7 Å². The van der Waals surface area contributed by atoms with Gasteiger partial charge in [-0.25, -0.2) is 0 Å². The summed E-state index contributed by atoms with van der Waals surface area (Å²) >= 11 is 0. The Kier molecular flexibility index (Phi) is 3.18. The van der Waals surface area contributed by atoms with Gasteiger partial charge in [0, 0.05) is 6.42 Å². The highest BCUT2D eigenvalue weighted by Gasteiger charge is 2.61. The van der Waals surface area contributed by atoms with E-state index >= 15 is 0 Å². The van der Waals surface area contributed by atoms with Gasteiger partial charge in [0.2, 0.25) is 0 Å². The molecule has 0 aromatic carbocycles. The Bertz CT molecular complexity index is 536. The second-order valence-electron chi connectivity index (χ2n) is 9.20. The lowest BCUT2D eigenvalue weighted by molar-refractivity contribution is -0.124. The van der Waals surface area contributed by atoms with E-state index in [2.05, 4.69) is 20.8 Å². The number of aliphatic hydroxyl groups is 1. The van der Waals surface area contributed by atoms with Crippen molar-refractivity contribution in [3.8, 4) is 0 Å². The normalized spacial score (nSPS) is 54.3. The quantitative estimate of drug-likeness (QED) is 0.730. The first-order chi connectivity index (χ1) is 10.4. The van der Waals surface area contributed by atoms with Gasteiger partial charge in [0.1, 0.15) is 0 Å². The first-order valence-corrected chi connectivity index (χ1v) is 9.27. The van der Waals surface area contributed by atoms with Gasteiger partial charge in [-0.3, -0.25) is 4.79 Å². The monoisotopic (exact) mass is 302 g/mol. The van der Waals surface area contributed by atoms with Crippen molar-refractivity contribution in [2.45, 2.75) is 71.8 Å². The molecule has 3 saturated carbocycles. The predicted octanol–water partition coefficient (Wildman–Crippen LogP) is 4.13. The molecule has 0 amide bonds. The molecular formula is C20H30O2. The molecule has 7 atom stereocenters. The van der Waals surface area contributed by atoms with Crippen LogP contribution in [-0.2, 0) is 4.79 Å². The second-order valence-corrected chi connectivity index (χ2v) is 9.20. The minimum atomic E-state index is -0.0995. The number of carbonyl (C=O) groups excluding carboxylic acids is 1. The fraction of sp³-hybridized carbons (Fsp3) is 0.850. The summed E-state index contributed by atoms with van der Waals surface area (Å²) in [5.74, 6) is 2.87. The average molecular weight is 302 g/mol. The Balaban J connectivity index is 1.73. The summed E-state index contributed by atoms with van der Waals surface area (Å²) in [6, 6.07) is 0. The average Bonchev–Trinajstić information content (AvgIpc) is 2.75. The van der Waals surface area contributed by atoms with Crippen molar-refractivity contribution in [1.82, 2.24) is 0 Å². The summed E-state index contributed by atoms with van der Waals surface area (Å²) in [5, 5.41) is 10.6. The topological polar surface area (TPSA) is 37.3 Å². The predicted molar refractivity (Wildman–Crippen MR) is 87.3 cm³/mol. The molecule has 0 bridgehead atoms. The number of hydrogen-bond acceptors (Lipinski definition) is 2. The van der Waals surface area contributed by atoms with E-state index in [0.29, 0.717) is 29.0 Å². The third-order valence-corrected chi connectivity index (χ3v) is 8.22. The zero-order valence-electron chi connectivity index (χ0n) is 14.3. The SMILES string of the molecule is CC1CC(=O)C=C2CCC3(C)[C@H](CC[C@]4(C)[C@@H](O)CC[C@@H]34)[C@H]21. The maximum Gasteiger partial charge on any atom is 0.155 e. The van der Waals surface area contributed by atoms with Gasteiger partial charge >= 0.3 is 0 Å². The highest BCUT2D eigenvalue weighted by molar-refractivity contribution is 5.91. The van der Waals surface area contributed by atoms with Crippen LogP contribution in [0.15, 0.2) is 11.6 Å². The molecule has 0 saturated heterocycles. The fourth-order valence-corrected chi connectivity index (χ4v) is 7.12. The number of hydrogen-bond donors (Lipinski definition) is 1.